The van der Waals surface area contributed by atoms with Crippen molar-refractivity contribution in [2.24, 2.45) is 0 Å². The molecular weight excluding hydrogens is 380 g/mol. The third-order valence-electron chi connectivity index (χ3n) is 5.69. The number of hydrogen-bond acceptors (Lipinski definition) is 4. The molecule has 0 radical (unpaired) electrons. The lowest BCUT2D eigenvalue weighted by molar-refractivity contribution is 0.247. The second-order valence-electron chi connectivity index (χ2n) is 7.90. The summed E-state index contributed by atoms with van der Waals surface area (Å²) in [6.07, 6.45) is 0.991. The van der Waals surface area contributed by atoms with Crippen LogP contribution in [0.25, 0.3) is 0 Å². The quantitative estimate of drug-likeness (QED) is 0.784. The number of anilines is 2. The van der Waals surface area contributed by atoms with E-state index >= 15 is 0 Å². The zero-order valence-electron chi connectivity index (χ0n) is 17.1. The van der Waals surface area contributed by atoms with Crippen molar-refractivity contribution in [3.63, 3.8) is 0 Å². The molecule has 2 aromatic rings. The lowest BCUT2D eigenvalue weighted by Gasteiger charge is -2.29. The van der Waals surface area contributed by atoms with Gasteiger partial charge in [0.2, 0.25) is 0 Å². The minimum atomic E-state index is -0.109. The Balaban J connectivity index is 1.27. The largest absolute Gasteiger partial charge is 0.370 e. The highest BCUT2D eigenvalue weighted by atomic mass is 32.2. The van der Waals surface area contributed by atoms with Crippen molar-refractivity contribution < 1.29 is 4.79 Å². The van der Waals surface area contributed by atoms with E-state index in [4.69, 9.17) is 0 Å². The van der Waals surface area contributed by atoms with Gasteiger partial charge in [0.15, 0.2) is 0 Å². The Labute approximate surface area is 177 Å². The molecule has 2 N–H and O–H groups in total. The number of amides is 2. The summed E-state index contributed by atoms with van der Waals surface area (Å²) in [6, 6.07) is 16.9. The number of nitrogens with one attached hydrogen (secondary N) is 2. The van der Waals surface area contributed by atoms with Crippen LogP contribution in [0.15, 0.2) is 48.5 Å². The first-order chi connectivity index (χ1) is 14.2. The fraction of sp³-hybridized carbons (Fsp3) is 0.435. The number of likely N-dealkylation sites (tertiary alicyclic amines) is 1. The van der Waals surface area contributed by atoms with E-state index in [1.165, 1.54) is 22.8 Å². The second kappa shape index (κ2) is 9.55. The smallest absolute Gasteiger partial charge is 0.319 e. The Morgan fingerprint density at radius 1 is 1.10 bits per heavy atom. The Hall–Kier alpha value is -2.18. The molecule has 2 aliphatic rings. The summed E-state index contributed by atoms with van der Waals surface area (Å²) in [4.78, 5) is 17.3. The van der Waals surface area contributed by atoms with Crippen molar-refractivity contribution in [3.8, 4) is 0 Å². The predicted molar refractivity (Wildman–Crippen MR) is 123 cm³/mol. The summed E-state index contributed by atoms with van der Waals surface area (Å²) in [5, 5.41) is 6.18. The number of urea groups is 1. The van der Waals surface area contributed by atoms with Gasteiger partial charge in [-0.1, -0.05) is 30.3 Å². The molecule has 6 heteroatoms. The number of benzene rings is 2. The Morgan fingerprint density at radius 2 is 1.90 bits per heavy atom. The average molecular weight is 411 g/mol. The second-order valence-corrected chi connectivity index (χ2v) is 9.13. The Kier molecular flexibility index (Phi) is 6.62. The molecule has 0 aliphatic carbocycles. The molecule has 1 atom stereocenters. The zero-order valence-corrected chi connectivity index (χ0v) is 17.9. The monoisotopic (exact) mass is 410 g/mol. The molecule has 2 fully saturated rings. The maximum absolute atomic E-state index is 12.5. The van der Waals surface area contributed by atoms with E-state index in [0.29, 0.717) is 0 Å². The van der Waals surface area contributed by atoms with Crippen LogP contribution in [0, 0.1) is 6.92 Å². The number of hydrogen-bond donors (Lipinski definition) is 2. The van der Waals surface area contributed by atoms with Crippen LogP contribution in [0.2, 0.25) is 0 Å². The fourth-order valence-corrected chi connectivity index (χ4v) is 4.99. The van der Waals surface area contributed by atoms with Crippen LogP contribution in [-0.2, 0) is 6.54 Å². The lowest BCUT2D eigenvalue weighted by Crippen LogP contribution is -2.39. The SMILES string of the molecule is Cc1cc(N2CCSCC2)ccc1NC(=O)NC1CCN(Cc2ccccc2)C1. The Bertz CT molecular complexity index is 823. The van der Waals surface area contributed by atoms with Crippen LogP contribution in [0.3, 0.4) is 0 Å². The number of aryl methyl sites for hydroxylation is 1. The molecule has 5 nitrogen and oxygen atoms in total. The van der Waals surface area contributed by atoms with Gasteiger partial charge in [-0.3, -0.25) is 4.90 Å². The van der Waals surface area contributed by atoms with Crippen LogP contribution in [0.5, 0.6) is 0 Å². The lowest BCUT2D eigenvalue weighted by atomic mass is 10.1. The minimum absolute atomic E-state index is 0.109. The van der Waals surface area contributed by atoms with Crippen LogP contribution in [0.4, 0.5) is 16.2 Å². The van der Waals surface area contributed by atoms with Gasteiger partial charge in [0.1, 0.15) is 0 Å². The molecule has 2 amide bonds. The zero-order chi connectivity index (χ0) is 20.1. The van der Waals surface area contributed by atoms with Gasteiger partial charge in [-0.2, -0.15) is 11.8 Å². The van der Waals surface area contributed by atoms with Crippen LogP contribution in [0.1, 0.15) is 17.5 Å². The molecule has 0 bridgehead atoms. The van der Waals surface area contributed by atoms with Gasteiger partial charge in [-0.15, -0.1) is 0 Å². The van der Waals surface area contributed by atoms with Crippen molar-refractivity contribution in [1.82, 2.24) is 10.2 Å². The minimum Gasteiger partial charge on any atom is -0.370 e. The highest BCUT2D eigenvalue weighted by Crippen LogP contribution is 2.25. The van der Waals surface area contributed by atoms with Gasteiger partial charge in [0.05, 0.1) is 0 Å². The summed E-state index contributed by atoms with van der Waals surface area (Å²) < 4.78 is 0. The van der Waals surface area contributed by atoms with E-state index < -0.39 is 0 Å². The predicted octanol–water partition coefficient (Wildman–Crippen LogP) is 3.94. The molecule has 1 unspecified atom stereocenters. The highest BCUT2D eigenvalue weighted by molar-refractivity contribution is 7.99. The van der Waals surface area contributed by atoms with Gasteiger partial charge < -0.3 is 15.5 Å². The van der Waals surface area contributed by atoms with Gasteiger partial charge >= 0.3 is 6.03 Å². The van der Waals surface area contributed by atoms with Crippen molar-refractivity contribution >= 4 is 29.2 Å². The van der Waals surface area contributed by atoms with Crippen molar-refractivity contribution in [1.29, 1.82) is 0 Å². The standard InChI is InChI=1S/C23H30N4OS/c1-18-15-21(27-11-13-29-14-12-27)7-8-22(18)25-23(28)24-20-9-10-26(17-20)16-19-5-3-2-4-6-19/h2-8,15,20H,9-14,16-17H2,1H3,(H2,24,25,28). The molecule has 0 aromatic heterocycles. The molecule has 2 heterocycles. The molecule has 4 rings (SSSR count). The summed E-state index contributed by atoms with van der Waals surface area (Å²) in [7, 11) is 0. The number of thioether (sulfide) groups is 1. The fourth-order valence-electron chi connectivity index (χ4n) is 4.09. The van der Waals surface area contributed by atoms with E-state index in [0.717, 1.165) is 50.4 Å². The van der Waals surface area contributed by atoms with E-state index in [2.05, 4.69) is 63.8 Å². The topological polar surface area (TPSA) is 47.6 Å². The first-order valence-corrected chi connectivity index (χ1v) is 11.6. The van der Waals surface area contributed by atoms with Gasteiger partial charge in [-0.25, -0.2) is 4.79 Å². The third kappa shape index (κ3) is 5.46. The van der Waals surface area contributed by atoms with E-state index in [-0.39, 0.29) is 12.1 Å². The highest BCUT2D eigenvalue weighted by Gasteiger charge is 2.24. The van der Waals surface area contributed by atoms with Gasteiger partial charge in [0.25, 0.3) is 0 Å². The number of nitrogens with zero attached hydrogens (tertiary/aromatic N) is 2. The summed E-state index contributed by atoms with van der Waals surface area (Å²) in [5.41, 5.74) is 4.56. The molecule has 2 aromatic carbocycles. The van der Waals surface area contributed by atoms with Crippen molar-refractivity contribution in [2.75, 3.05) is 47.9 Å². The van der Waals surface area contributed by atoms with Crippen molar-refractivity contribution in [2.45, 2.75) is 25.9 Å². The van der Waals surface area contributed by atoms with Crippen LogP contribution < -0.4 is 15.5 Å². The van der Waals surface area contributed by atoms with Crippen molar-refractivity contribution in [3.05, 3.63) is 59.7 Å². The summed E-state index contributed by atoms with van der Waals surface area (Å²) in [5.74, 6) is 2.37. The van der Waals surface area contributed by atoms with Crippen LogP contribution >= 0.6 is 11.8 Å². The molecule has 29 heavy (non-hydrogen) atoms. The molecule has 0 saturated carbocycles. The summed E-state index contributed by atoms with van der Waals surface area (Å²) >= 11 is 2.01. The maximum atomic E-state index is 12.5. The number of carbonyl (C=O) groups excluding carboxylic acids is 1. The average Bonchev–Trinajstić information content (AvgIpc) is 3.17. The third-order valence-corrected chi connectivity index (χ3v) is 6.63. The normalized spacial score (nSPS) is 19.9. The molecule has 154 valence electrons. The van der Waals surface area contributed by atoms with E-state index in [1.807, 2.05) is 23.9 Å². The number of carbonyl (C=O) groups is 1. The van der Waals surface area contributed by atoms with Crippen LogP contribution in [-0.4, -0.2) is 54.7 Å². The molecule has 0 spiro atoms. The first-order valence-electron chi connectivity index (χ1n) is 10.4. The number of rotatable bonds is 5. The Morgan fingerprint density at radius 3 is 2.66 bits per heavy atom. The summed E-state index contributed by atoms with van der Waals surface area (Å²) in [6.45, 7) is 7.11. The first kappa shape index (κ1) is 20.1. The van der Waals surface area contributed by atoms with E-state index in [1.54, 1.807) is 0 Å². The van der Waals surface area contributed by atoms with E-state index in [9.17, 15) is 4.79 Å². The molecule has 2 aliphatic heterocycles. The molecular formula is C23H30N4OS. The maximum Gasteiger partial charge on any atom is 0.319 e. The van der Waals surface area contributed by atoms with Gasteiger partial charge in [0, 0.05) is 61.6 Å². The molecule has 2 saturated heterocycles. The van der Waals surface area contributed by atoms with Gasteiger partial charge in [-0.05, 0) is 42.7 Å².